The summed E-state index contributed by atoms with van der Waals surface area (Å²) < 4.78 is 106. The number of benzene rings is 8. The fraction of sp³-hybridized carbons (Fsp3) is 0. The first-order valence-corrected chi connectivity index (χ1v) is 24.0. The quantitative estimate of drug-likeness (QED) is 0.0412. The largest absolute Gasteiger partial charge is 1.00 e. The van der Waals surface area contributed by atoms with Gasteiger partial charge in [0.2, 0.25) is 0 Å². The van der Waals surface area contributed by atoms with Crippen molar-refractivity contribution in [1.29, 1.82) is 0 Å². The zero-order valence-corrected chi connectivity index (χ0v) is 46.8. The number of hydrogen-bond donors (Lipinski definition) is 6. The van der Waals surface area contributed by atoms with E-state index in [2.05, 4.69) is 40.9 Å². The maximum absolute atomic E-state index is 13.7. The van der Waals surface area contributed by atoms with Crippen molar-refractivity contribution in [1.82, 2.24) is 0 Å². The fourth-order valence-electron chi connectivity index (χ4n) is 6.84. The van der Waals surface area contributed by atoms with E-state index in [0.717, 1.165) is 24.3 Å². The molecule has 354 valence electrons. The van der Waals surface area contributed by atoms with Crippen LogP contribution in [0.3, 0.4) is 0 Å². The molecule has 0 aliphatic carbocycles. The molecule has 8 aromatic rings. The molecule has 0 aliphatic heterocycles. The molecule has 29 heteroatoms. The molecule has 0 heterocycles. The molecular formula is C44H31N12Na3O11S3. The van der Waals surface area contributed by atoms with Gasteiger partial charge in [-0.25, -0.2) is 8.42 Å². The van der Waals surface area contributed by atoms with Gasteiger partial charge in [-0.1, -0.05) is 47.9 Å². The van der Waals surface area contributed by atoms with Gasteiger partial charge < -0.3 is 37.7 Å². The molecule has 0 unspecified atom stereocenters. The molecule has 0 fully saturated rings. The molecule has 0 radical (unpaired) electrons. The summed E-state index contributed by atoms with van der Waals surface area (Å²) >= 11 is 0. The molecule has 0 saturated heterocycles. The van der Waals surface area contributed by atoms with Crippen molar-refractivity contribution in [3.8, 4) is 22.6 Å². The van der Waals surface area contributed by atoms with Crippen LogP contribution in [-0.4, -0.2) is 38.9 Å². The first-order chi connectivity index (χ1) is 33.1. The van der Waals surface area contributed by atoms with Gasteiger partial charge in [-0.3, -0.25) is 9.11 Å². The third-order valence-electron chi connectivity index (χ3n) is 10.3. The van der Waals surface area contributed by atoms with Crippen molar-refractivity contribution in [2.45, 2.75) is 14.7 Å². The molecule has 0 aliphatic rings. The van der Waals surface area contributed by atoms with E-state index in [1.54, 1.807) is 48.5 Å². The van der Waals surface area contributed by atoms with Gasteiger partial charge in [0.05, 0.1) is 44.7 Å². The second kappa shape index (κ2) is 23.2. The summed E-state index contributed by atoms with van der Waals surface area (Å²) in [6, 6.07) is 29.2. The molecule has 0 atom stereocenters. The minimum atomic E-state index is -5.16. The number of nitrogen functional groups attached to an aromatic ring is 4. The molecular weight excluding hydrogens is 1040 g/mol. The summed E-state index contributed by atoms with van der Waals surface area (Å²) in [5.74, 6) is -1.90. The van der Waals surface area contributed by atoms with Crippen molar-refractivity contribution >= 4 is 120 Å². The van der Waals surface area contributed by atoms with E-state index in [-0.39, 0.29) is 150 Å². The third kappa shape index (κ3) is 12.9. The SMILES string of the molecule is Nc1ccc(N=Nc2c(N)ccc3c([O-])c(N=Nc4ccc(-c5ccc(N=Nc6c(S(=O)(=O)O)cc7c(N=Nc8ccc(N)cc8S(=O)(=O)[O-])c(N)ccc7c6[O-])cc5)cc4)c(S(=O)(=O)O)cc23)cc1.[Na+].[Na+].[Na+]. The normalized spacial score (nSPS) is 12.2. The molecule has 8 rings (SSSR count). The van der Waals surface area contributed by atoms with Crippen LogP contribution < -0.4 is 122 Å². The predicted octanol–water partition coefficient (Wildman–Crippen LogP) is 0.207. The Balaban J connectivity index is 0.00000329. The Bertz CT molecular complexity index is 3930. The van der Waals surface area contributed by atoms with Crippen LogP contribution in [0.1, 0.15) is 0 Å². The maximum Gasteiger partial charge on any atom is 1.00 e. The first-order valence-electron chi connectivity index (χ1n) is 19.7. The summed E-state index contributed by atoms with van der Waals surface area (Å²) in [6.45, 7) is 0. The Labute approximate surface area is 481 Å². The summed E-state index contributed by atoms with van der Waals surface area (Å²) in [7, 11) is -15.3. The van der Waals surface area contributed by atoms with E-state index in [9.17, 15) is 49.1 Å². The van der Waals surface area contributed by atoms with E-state index in [1.807, 2.05) is 0 Å². The second-order valence-electron chi connectivity index (χ2n) is 14.9. The molecule has 0 saturated carbocycles. The fourth-order valence-corrected chi connectivity index (χ4v) is 8.78. The zero-order valence-electron chi connectivity index (χ0n) is 38.3. The number of anilines is 4. The Hall–Kier alpha value is -5.79. The number of azo groups is 4. The molecule has 0 spiro atoms. The topological polar surface area (TPSA) is 415 Å². The van der Waals surface area contributed by atoms with Gasteiger partial charge in [0.1, 0.15) is 37.0 Å². The van der Waals surface area contributed by atoms with Gasteiger partial charge in [0.15, 0.2) is 0 Å². The molecule has 0 bridgehead atoms. The van der Waals surface area contributed by atoms with Crippen LogP contribution in [0.2, 0.25) is 0 Å². The van der Waals surface area contributed by atoms with Crippen molar-refractivity contribution in [2.24, 2.45) is 40.9 Å². The Morgan fingerprint density at radius 3 is 1.12 bits per heavy atom. The van der Waals surface area contributed by atoms with Gasteiger partial charge in [0, 0.05) is 22.1 Å². The van der Waals surface area contributed by atoms with Gasteiger partial charge in [0.25, 0.3) is 20.2 Å². The summed E-state index contributed by atoms with van der Waals surface area (Å²) in [6.07, 6.45) is 0. The predicted molar refractivity (Wildman–Crippen MR) is 253 cm³/mol. The van der Waals surface area contributed by atoms with Crippen LogP contribution in [0.4, 0.5) is 68.2 Å². The monoisotopic (exact) mass is 1070 g/mol. The maximum atomic E-state index is 13.7. The van der Waals surface area contributed by atoms with Crippen LogP contribution in [0.25, 0.3) is 32.7 Å². The number of hydrogen-bond acceptors (Lipinski definition) is 21. The van der Waals surface area contributed by atoms with Crippen LogP contribution in [0.15, 0.2) is 183 Å². The number of nitrogens with zero attached hydrogens (tertiary/aromatic N) is 8. The molecule has 10 N–H and O–H groups in total. The summed E-state index contributed by atoms with van der Waals surface area (Å²) in [4.78, 5) is -2.61. The van der Waals surface area contributed by atoms with Crippen LogP contribution in [0.5, 0.6) is 11.5 Å². The standard InChI is InChI=1S/C44H34N12O11S3.3Na/c45-24-5-12-28(13-6-24)49-53-39-31-20-37(69(62,63)64)41(43(57)29(31)14-16-33(39)47)55-50-26-8-1-22(2-9-26)23-3-10-27(11-4-23)51-56-42-38(70(65,66)67)21-32-30(44(42)58)15-17-34(48)40(32)54-52-35-18-7-25(46)19-36(35)68(59,60)61;;;/h1-21,57-58H,45-48H2,(H,59,60,61)(H,62,63,64)(H,65,66,67);;;/q;3*+1/p-3. The summed E-state index contributed by atoms with van der Waals surface area (Å²) in [5, 5.41) is 58.8. The molecule has 73 heavy (non-hydrogen) atoms. The van der Waals surface area contributed by atoms with Crippen LogP contribution in [0, 0.1) is 0 Å². The van der Waals surface area contributed by atoms with Gasteiger partial charge in [-0.2, -0.15) is 32.2 Å². The van der Waals surface area contributed by atoms with Crippen molar-refractivity contribution in [2.75, 3.05) is 22.9 Å². The summed E-state index contributed by atoms with van der Waals surface area (Å²) in [5.41, 5.74) is 23.7. The van der Waals surface area contributed by atoms with Crippen LogP contribution >= 0.6 is 0 Å². The molecule has 0 aromatic heterocycles. The minimum absolute atomic E-state index is 0. The smallest absolute Gasteiger partial charge is 0.871 e. The van der Waals surface area contributed by atoms with Crippen molar-refractivity contribution in [3.05, 3.63) is 127 Å². The van der Waals surface area contributed by atoms with E-state index in [0.29, 0.717) is 22.5 Å². The minimum Gasteiger partial charge on any atom is -0.871 e. The molecule has 0 amide bonds. The Morgan fingerprint density at radius 2 is 0.740 bits per heavy atom. The number of nitrogens with two attached hydrogens (primary N) is 4. The average molecular weight is 1070 g/mol. The molecule has 23 nitrogen and oxygen atoms in total. The average Bonchev–Trinajstić information content (AvgIpc) is 3.30. The Kier molecular flexibility index (Phi) is 18.4. The Morgan fingerprint density at radius 1 is 0.384 bits per heavy atom. The third-order valence-corrected chi connectivity index (χ3v) is 12.9. The number of fused-ring (bicyclic) bond motifs is 2. The van der Waals surface area contributed by atoms with Gasteiger partial charge in [-0.15, -0.1) is 25.6 Å². The van der Waals surface area contributed by atoms with E-state index in [4.69, 9.17) is 22.9 Å². The van der Waals surface area contributed by atoms with Gasteiger partial charge in [-0.05, 0) is 113 Å². The molecule has 8 aromatic carbocycles. The second-order valence-corrected chi connectivity index (χ2v) is 19.0. The number of rotatable bonds is 12. The van der Waals surface area contributed by atoms with Gasteiger partial charge >= 0.3 is 88.7 Å². The van der Waals surface area contributed by atoms with Crippen molar-refractivity contribution < 1.29 is 138 Å². The zero-order chi connectivity index (χ0) is 50.3. The van der Waals surface area contributed by atoms with Crippen molar-refractivity contribution in [3.63, 3.8) is 0 Å². The van der Waals surface area contributed by atoms with E-state index in [1.165, 1.54) is 54.6 Å². The van der Waals surface area contributed by atoms with E-state index >= 15 is 0 Å². The van der Waals surface area contributed by atoms with E-state index < -0.39 is 73.6 Å². The first kappa shape index (κ1) is 58.1. The van der Waals surface area contributed by atoms with Crippen LogP contribution in [-0.2, 0) is 30.4 Å².